The van der Waals surface area contributed by atoms with Crippen molar-refractivity contribution in [3.63, 3.8) is 0 Å². The fourth-order valence-electron chi connectivity index (χ4n) is 4.53. The Hall–Kier alpha value is -3.59. The Kier molecular flexibility index (Phi) is 5.70. The number of ether oxygens (including phenoxy) is 1. The SMILES string of the molecule is Cc1ccc(Cl)c(NC2Nc3cc(C(=O)Nc4ccccc4C(F)(F)F)c4c(c3N2)CC(C)(C)O4)c1. The molecule has 0 saturated carbocycles. The summed E-state index contributed by atoms with van der Waals surface area (Å²) >= 11 is 6.33. The predicted octanol–water partition coefficient (Wildman–Crippen LogP) is 6.87. The van der Waals surface area contributed by atoms with Gasteiger partial charge >= 0.3 is 6.18 Å². The van der Waals surface area contributed by atoms with Crippen LogP contribution in [0.25, 0.3) is 0 Å². The van der Waals surface area contributed by atoms with E-state index in [4.69, 9.17) is 16.3 Å². The Labute approximate surface area is 211 Å². The third-order valence-corrected chi connectivity index (χ3v) is 6.42. The van der Waals surface area contributed by atoms with Crippen LogP contribution in [0, 0.1) is 6.92 Å². The molecule has 4 N–H and O–H groups in total. The number of nitrogens with one attached hydrogen (secondary N) is 4. The van der Waals surface area contributed by atoms with Crippen LogP contribution in [0.5, 0.6) is 5.75 Å². The third kappa shape index (κ3) is 4.51. The fourth-order valence-corrected chi connectivity index (χ4v) is 4.71. The lowest BCUT2D eigenvalue weighted by Gasteiger charge is -2.19. The zero-order valence-electron chi connectivity index (χ0n) is 19.7. The summed E-state index contributed by atoms with van der Waals surface area (Å²) in [5.74, 6) is -0.340. The molecule has 3 aromatic carbocycles. The zero-order valence-corrected chi connectivity index (χ0v) is 20.5. The molecule has 10 heteroatoms. The van der Waals surface area contributed by atoms with E-state index in [-0.39, 0.29) is 11.3 Å². The van der Waals surface area contributed by atoms with E-state index < -0.39 is 29.5 Å². The summed E-state index contributed by atoms with van der Waals surface area (Å²) in [5, 5.41) is 12.9. The number of aryl methyl sites for hydroxylation is 1. The first kappa shape index (κ1) is 24.1. The Morgan fingerprint density at radius 3 is 2.61 bits per heavy atom. The largest absolute Gasteiger partial charge is 0.486 e. The molecule has 0 radical (unpaired) electrons. The standard InChI is InChI=1S/C26H24ClF3N4O2/c1-13-8-9-17(27)19(10-13)32-24-33-20-11-14(22-15(21(20)34-24)12-25(2,3)36-22)23(35)31-18-7-5-4-6-16(18)26(28,29)30/h4-11,24,32-34H,12H2,1-3H3,(H,31,35). The minimum atomic E-state index is -4.61. The molecule has 0 fully saturated rings. The molecule has 0 aliphatic carbocycles. The van der Waals surface area contributed by atoms with Gasteiger partial charge < -0.3 is 26.0 Å². The number of alkyl halides is 3. The van der Waals surface area contributed by atoms with Gasteiger partial charge in [-0.2, -0.15) is 13.2 Å². The average Bonchev–Trinajstić information content (AvgIpc) is 3.34. The van der Waals surface area contributed by atoms with Gasteiger partial charge in [0, 0.05) is 12.0 Å². The number of fused-ring (bicyclic) bond motifs is 3. The van der Waals surface area contributed by atoms with Crippen LogP contribution >= 0.6 is 11.6 Å². The first-order valence-corrected chi connectivity index (χ1v) is 11.7. The topological polar surface area (TPSA) is 74.4 Å². The second kappa shape index (κ2) is 8.51. The summed E-state index contributed by atoms with van der Waals surface area (Å²) in [7, 11) is 0. The van der Waals surface area contributed by atoms with E-state index in [9.17, 15) is 18.0 Å². The Balaban J connectivity index is 1.48. The highest BCUT2D eigenvalue weighted by Crippen LogP contribution is 2.48. The molecule has 6 nitrogen and oxygen atoms in total. The number of hydrogen-bond donors (Lipinski definition) is 4. The monoisotopic (exact) mass is 516 g/mol. The normalized spacial score (nSPS) is 17.4. The second-order valence-corrected chi connectivity index (χ2v) is 9.95. The maximum absolute atomic E-state index is 13.5. The van der Waals surface area contributed by atoms with Gasteiger partial charge in [-0.25, -0.2) is 0 Å². The summed E-state index contributed by atoms with van der Waals surface area (Å²) in [6, 6.07) is 12.1. The highest BCUT2D eigenvalue weighted by molar-refractivity contribution is 6.33. The summed E-state index contributed by atoms with van der Waals surface area (Å²) in [6.07, 6.45) is -4.53. The molecule has 2 aliphatic rings. The first-order valence-electron chi connectivity index (χ1n) is 11.3. The average molecular weight is 517 g/mol. The minimum absolute atomic E-state index is 0.148. The number of carbonyl (C=O) groups is 1. The number of para-hydroxylation sites is 1. The molecule has 36 heavy (non-hydrogen) atoms. The van der Waals surface area contributed by atoms with Gasteiger partial charge in [0.2, 0.25) is 0 Å². The molecular weight excluding hydrogens is 493 g/mol. The van der Waals surface area contributed by atoms with Crippen molar-refractivity contribution >= 4 is 40.3 Å². The zero-order chi connectivity index (χ0) is 25.8. The van der Waals surface area contributed by atoms with Gasteiger partial charge in [0.1, 0.15) is 11.4 Å². The first-order chi connectivity index (χ1) is 16.9. The van der Waals surface area contributed by atoms with Crippen LogP contribution in [0.3, 0.4) is 0 Å². The predicted molar refractivity (Wildman–Crippen MR) is 135 cm³/mol. The van der Waals surface area contributed by atoms with Crippen molar-refractivity contribution < 1.29 is 22.7 Å². The number of anilines is 4. The molecule has 0 spiro atoms. The lowest BCUT2D eigenvalue weighted by molar-refractivity contribution is -0.136. The number of benzene rings is 3. The van der Waals surface area contributed by atoms with Crippen molar-refractivity contribution in [1.82, 2.24) is 0 Å². The number of rotatable bonds is 4. The van der Waals surface area contributed by atoms with E-state index in [1.54, 1.807) is 12.1 Å². The summed E-state index contributed by atoms with van der Waals surface area (Å²) in [4.78, 5) is 13.3. The number of halogens is 4. The van der Waals surface area contributed by atoms with Gasteiger partial charge in [-0.15, -0.1) is 0 Å². The molecule has 1 unspecified atom stereocenters. The van der Waals surface area contributed by atoms with E-state index in [1.807, 2.05) is 32.9 Å². The number of hydrogen-bond acceptors (Lipinski definition) is 5. The molecule has 5 rings (SSSR count). The highest BCUT2D eigenvalue weighted by atomic mass is 35.5. The van der Waals surface area contributed by atoms with Crippen molar-refractivity contribution in [2.24, 2.45) is 0 Å². The molecule has 2 aliphatic heterocycles. The van der Waals surface area contributed by atoms with Gasteiger partial charge in [0.05, 0.1) is 38.9 Å². The van der Waals surface area contributed by atoms with Crippen molar-refractivity contribution in [3.8, 4) is 5.75 Å². The van der Waals surface area contributed by atoms with E-state index in [0.717, 1.165) is 28.6 Å². The summed E-state index contributed by atoms with van der Waals surface area (Å²) in [5.41, 5.74) is 2.25. The fraction of sp³-hybridized carbons (Fsp3) is 0.269. The van der Waals surface area contributed by atoms with Crippen LogP contribution in [0.4, 0.5) is 35.9 Å². The molecule has 2 heterocycles. The van der Waals surface area contributed by atoms with Gasteiger partial charge in [0.25, 0.3) is 5.91 Å². The van der Waals surface area contributed by atoms with Crippen molar-refractivity contribution in [3.05, 3.63) is 75.8 Å². The molecule has 1 atom stereocenters. The van der Waals surface area contributed by atoms with Crippen LogP contribution in [-0.4, -0.2) is 17.8 Å². The quantitative estimate of drug-likeness (QED) is 0.304. The molecule has 1 amide bonds. The van der Waals surface area contributed by atoms with E-state index in [0.29, 0.717) is 22.9 Å². The van der Waals surface area contributed by atoms with Crippen molar-refractivity contribution in [2.75, 3.05) is 21.3 Å². The van der Waals surface area contributed by atoms with Crippen LogP contribution in [0.2, 0.25) is 5.02 Å². The summed E-state index contributed by atoms with van der Waals surface area (Å²) in [6.45, 7) is 5.75. The van der Waals surface area contributed by atoms with E-state index >= 15 is 0 Å². The lowest BCUT2D eigenvalue weighted by atomic mass is 9.97. The number of amides is 1. The lowest BCUT2D eigenvalue weighted by Crippen LogP contribution is -2.31. The molecule has 0 saturated heterocycles. The van der Waals surface area contributed by atoms with E-state index in [2.05, 4.69) is 21.3 Å². The van der Waals surface area contributed by atoms with Gasteiger partial charge in [-0.1, -0.05) is 29.8 Å². The van der Waals surface area contributed by atoms with Crippen LogP contribution < -0.4 is 26.0 Å². The molecule has 188 valence electrons. The summed E-state index contributed by atoms with van der Waals surface area (Å²) < 4.78 is 46.5. The molecule has 0 aromatic heterocycles. The Morgan fingerprint density at radius 1 is 1.11 bits per heavy atom. The van der Waals surface area contributed by atoms with Gasteiger partial charge in [-0.05, 0) is 56.7 Å². The number of carbonyl (C=O) groups excluding carboxylic acids is 1. The maximum atomic E-state index is 13.5. The molecular formula is C26H24ClF3N4O2. The molecule has 3 aromatic rings. The van der Waals surface area contributed by atoms with Crippen molar-refractivity contribution in [2.45, 2.75) is 45.3 Å². The van der Waals surface area contributed by atoms with Gasteiger partial charge in [0.15, 0.2) is 6.29 Å². The van der Waals surface area contributed by atoms with Crippen LogP contribution in [0.1, 0.15) is 40.9 Å². The Bertz CT molecular complexity index is 1370. The maximum Gasteiger partial charge on any atom is 0.418 e. The van der Waals surface area contributed by atoms with Crippen LogP contribution in [0.15, 0.2) is 48.5 Å². The highest BCUT2D eigenvalue weighted by Gasteiger charge is 2.40. The van der Waals surface area contributed by atoms with Crippen molar-refractivity contribution in [1.29, 1.82) is 0 Å². The second-order valence-electron chi connectivity index (χ2n) is 9.54. The third-order valence-electron chi connectivity index (χ3n) is 6.09. The van der Waals surface area contributed by atoms with E-state index in [1.165, 1.54) is 18.2 Å². The molecule has 0 bridgehead atoms. The minimum Gasteiger partial charge on any atom is -0.486 e. The smallest absolute Gasteiger partial charge is 0.418 e. The van der Waals surface area contributed by atoms with Gasteiger partial charge in [-0.3, -0.25) is 4.79 Å². The Morgan fingerprint density at radius 2 is 1.86 bits per heavy atom. The van der Waals surface area contributed by atoms with Crippen LogP contribution in [-0.2, 0) is 12.6 Å².